The first-order valence-electron chi connectivity index (χ1n) is 4.65. The van der Waals surface area contributed by atoms with Gasteiger partial charge >= 0.3 is 0 Å². The lowest BCUT2D eigenvalue weighted by Gasteiger charge is -2.05. The highest BCUT2D eigenvalue weighted by molar-refractivity contribution is 9.10. The second-order valence-electron chi connectivity index (χ2n) is 3.25. The predicted octanol–water partition coefficient (Wildman–Crippen LogP) is 2.82. The minimum Gasteiger partial charge on any atom is -0.486 e. The Hall–Kier alpha value is -1.14. The summed E-state index contributed by atoms with van der Waals surface area (Å²) in [5.41, 5.74) is 0. The summed E-state index contributed by atoms with van der Waals surface area (Å²) in [7, 11) is 1.85. The number of H-pyrrole nitrogens is 1. The molecule has 0 saturated heterocycles. The van der Waals surface area contributed by atoms with E-state index in [1.54, 1.807) is 4.57 Å². The maximum absolute atomic E-state index is 5.57. The van der Waals surface area contributed by atoms with Crippen molar-refractivity contribution in [2.75, 3.05) is 0 Å². The third kappa shape index (κ3) is 2.51. The van der Waals surface area contributed by atoms with E-state index in [0.717, 1.165) is 16.0 Å². The zero-order valence-corrected chi connectivity index (χ0v) is 11.0. The van der Waals surface area contributed by atoms with E-state index in [2.05, 4.69) is 26.1 Å². The normalized spacial score (nSPS) is 10.4. The Bertz CT molecular complexity index is 532. The highest BCUT2D eigenvalue weighted by Crippen LogP contribution is 2.16. The molecule has 0 radical (unpaired) electrons. The van der Waals surface area contributed by atoms with Crippen molar-refractivity contribution < 1.29 is 4.74 Å². The Morgan fingerprint density at radius 3 is 2.69 bits per heavy atom. The van der Waals surface area contributed by atoms with Gasteiger partial charge in [-0.3, -0.25) is 5.10 Å². The molecule has 2 aromatic rings. The Labute approximate surface area is 106 Å². The summed E-state index contributed by atoms with van der Waals surface area (Å²) in [6, 6.07) is 7.65. The Balaban J connectivity index is 2.05. The van der Waals surface area contributed by atoms with Crippen molar-refractivity contribution in [3.63, 3.8) is 0 Å². The molecule has 0 bridgehead atoms. The van der Waals surface area contributed by atoms with E-state index in [4.69, 9.17) is 17.0 Å². The molecule has 1 aromatic carbocycles. The average Bonchev–Trinajstić information content (AvgIpc) is 2.60. The molecule has 0 amide bonds. The minimum atomic E-state index is 0.394. The monoisotopic (exact) mass is 299 g/mol. The molecule has 0 spiro atoms. The summed E-state index contributed by atoms with van der Waals surface area (Å²) in [5, 5.41) is 6.77. The van der Waals surface area contributed by atoms with E-state index in [9.17, 15) is 0 Å². The van der Waals surface area contributed by atoms with E-state index >= 15 is 0 Å². The van der Waals surface area contributed by atoms with Crippen LogP contribution in [0.15, 0.2) is 28.7 Å². The zero-order valence-electron chi connectivity index (χ0n) is 8.61. The average molecular weight is 300 g/mol. The van der Waals surface area contributed by atoms with Crippen molar-refractivity contribution in [3.8, 4) is 5.75 Å². The molecule has 84 valence electrons. The summed E-state index contributed by atoms with van der Waals surface area (Å²) in [6.07, 6.45) is 0. The molecule has 1 aromatic heterocycles. The highest BCUT2D eigenvalue weighted by atomic mass is 79.9. The summed E-state index contributed by atoms with van der Waals surface area (Å²) in [5.74, 6) is 1.57. The van der Waals surface area contributed by atoms with Crippen LogP contribution in [0.1, 0.15) is 5.82 Å². The third-order valence-corrected chi connectivity index (χ3v) is 3.05. The van der Waals surface area contributed by atoms with E-state index in [0.29, 0.717) is 11.4 Å². The number of aromatic nitrogens is 3. The fourth-order valence-corrected chi connectivity index (χ4v) is 1.60. The van der Waals surface area contributed by atoms with Crippen LogP contribution in [0.5, 0.6) is 5.75 Å². The smallest absolute Gasteiger partial charge is 0.194 e. The molecule has 0 fully saturated rings. The quantitative estimate of drug-likeness (QED) is 0.886. The standard InChI is InChI=1S/C10H10BrN3OS/c1-14-9(12-13-10(14)16)6-15-8-4-2-7(11)3-5-8/h2-5H,6H2,1H3,(H,13,16). The number of benzene rings is 1. The van der Waals surface area contributed by atoms with Gasteiger partial charge in [-0.1, -0.05) is 15.9 Å². The van der Waals surface area contributed by atoms with Crippen LogP contribution in [0.3, 0.4) is 0 Å². The molecule has 6 heteroatoms. The molecule has 16 heavy (non-hydrogen) atoms. The molecule has 4 nitrogen and oxygen atoms in total. The third-order valence-electron chi connectivity index (χ3n) is 2.15. The lowest BCUT2D eigenvalue weighted by atomic mass is 10.3. The number of aromatic amines is 1. The van der Waals surface area contributed by atoms with E-state index in [1.165, 1.54) is 0 Å². The maximum Gasteiger partial charge on any atom is 0.194 e. The van der Waals surface area contributed by atoms with Crippen molar-refractivity contribution in [2.45, 2.75) is 6.61 Å². The number of rotatable bonds is 3. The molecule has 2 rings (SSSR count). The van der Waals surface area contributed by atoms with Gasteiger partial charge in [0.05, 0.1) is 0 Å². The summed E-state index contributed by atoms with van der Waals surface area (Å²) in [6.45, 7) is 0.394. The molecule has 1 heterocycles. The predicted molar refractivity (Wildman–Crippen MR) is 66.9 cm³/mol. The molecule has 1 N–H and O–H groups in total. The van der Waals surface area contributed by atoms with Gasteiger partial charge < -0.3 is 9.30 Å². The van der Waals surface area contributed by atoms with E-state index in [-0.39, 0.29) is 0 Å². The van der Waals surface area contributed by atoms with Gasteiger partial charge in [0.25, 0.3) is 0 Å². The molecule has 0 aliphatic carbocycles. The second kappa shape index (κ2) is 4.80. The molecule has 0 aliphatic heterocycles. The second-order valence-corrected chi connectivity index (χ2v) is 4.55. The maximum atomic E-state index is 5.57. The highest BCUT2D eigenvalue weighted by Gasteiger charge is 2.02. The fourth-order valence-electron chi connectivity index (χ4n) is 1.19. The fraction of sp³-hybridized carbons (Fsp3) is 0.200. The van der Waals surface area contributed by atoms with E-state index < -0.39 is 0 Å². The van der Waals surface area contributed by atoms with Gasteiger partial charge in [-0.05, 0) is 36.5 Å². The van der Waals surface area contributed by atoms with Crippen LogP contribution in [0.25, 0.3) is 0 Å². The topological polar surface area (TPSA) is 42.8 Å². The number of ether oxygens (including phenoxy) is 1. The van der Waals surface area contributed by atoms with Crippen molar-refractivity contribution in [2.24, 2.45) is 7.05 Å². The first kappa shape index (κ1) is 11.3. The number of nitrogens with one attached hydrogen (secondary N) is 1. The molecular weight excluding hydrogens is 290 g/mol. The van der Waals surface area contributed by atoms with Gasteiger partial charge in [-0.25, -0.2) is 0 Å². The largest absolute Gasteiger partial charge is 0.486 e. The summed E-state index contributed by atoms with van der Waals surface area (Å²) < 4.78 is 8.97. The number of hydrogen-bond donors (Lipinski definition) is 1. The lowest BCUT2D eigenvalue weighted by Crippen LogP contribution is -2.03. The van der Waals surface area contributed by atoms with Crippen LogP contribution < -0.4 is 4.74 Å². The molecular formula is C10H10BrN3OS. The van der Waals surface area contributed by atoms with Crippen LogP contribution in [0, 0.1) is 4.77 Å². The van der Waals surface area contributed by atoms with Gasteiger partial charge in [0.1, 0.15) is 12.4 Å². The van der Waals surface area contributed by atoms with Crippen molar-refractivity contribution in [3.05, 3.63) is 39.3 Å². The summed E-state index contributed by atoms with van der Waals surface area (Å²) >= 11 is 8.37. The van der Waals surface area contributed by atoms with Gasteiger partial charge in [0.2, 0.25) is 0 Å². The first-order chi connectivity index (χ1) is 7.66. The number of nitrogens with zero attached hydrogens (tertiary/aromatic N) is 2. The molecule has 0 atom stereocenters. The van der Waals surface area contributed by atoms with Gasteiger partial charge in [0.15, 0.2) is 10.6 Å². The van der Waals surface area contributed by atoms with Crippen molar-refractivity contribution in [1.29, 1.82) is 0 Å². The number of hydrogen-bond acceptors (Lipinski definition) is 3. The lowest BCUT2D eigenvalue weighted by molar-refractivity contribution is 0.291. The van der Waals surface area contributed by atoms with Crippen LogP contribution in [0.2, 0.25) is 0 Å². The summed E-state index contributed by atoms with van der Waals surface area (Å²) in [4.78, 5) is 0. The van der Waals surface area contributed by atoms with Crippen LogP contribution in [-0.2, 0) is 13.7 Å². The van der Waals surface area contributed by atoms with Gasteiger partial charge in [0, 0.05) is 11.5 Å². The first-order valence-corrected chi connectivity index (χ1v) is 5.85. The van der Waals surface area contributed by atoms with Crippen molar-refractivity contribution in [1.82, 2.24) is 14.8 Å². The number of halogens is 1. The van der Waals surface area contributed by atoms with Gasteiger partial charge in [-0.15, -0.1) is 0 Å². The van der Waals surface area contributed by atoms with E-state index in [1.807, 2.05) is 31.3 Å². The molecule has 0 aliphatic rings. The van der Waals surface area contributed by atoms with Crippen LogP contribution >= 0.6 is 28.1 Å². The Morgan fingerprint density at radius 1 is 1.44 bits per heavy atom. The Kier molecular flexibility index (Phi) is 3.40. The zero-order chi connectivity index (χ0) is 11.5. The van der Waals surface area contributed by atoms with Gasteiger partial charge in [-0.2, -0.15) is 5.10 Å². The minimum absolute atomic E-state index is 0.394. The SMILES string of the molecule is Cn1c(COc2ccc(Br)cc2)n[nH]c1=S. The van der Waals surface area contributed by atoms with Crippen LogP contribution in [-0.4, -0.2) is 14.8 Å². The molecule has 0 saturated carbocycles. The Morgan fingerprint density at radius 2 is 2.12 bits per heavy atom. The van der Waals surface area contributed by atoms with Crippen molar-refractivity contribution >= 4 is 28.1 Å². The molecule has 0 unspecified atom stereocenters. The van der Waals surface area contributed by atoms with Crippen LogP contribution in [0.4, 0.5) is 0 Å².